The number of hydrogen-bond donors (Lipinski definition) is 1. The van der Waals surface area contributed by atoms with Gasteiger partial charge in [-0.3, -0.25) is 9.52 Å². The second kappa shape index (κ2) is 12.8. The maximum atomic E-state index is 14.7. The van der Waals surface area contributed by atoms with Crippen LogP contribution < -0.4 is 9.46 Å². The number of hydrogen-bond acceptors (Lipinski definition) is 6. The van der Waals surface area contributed by atoms with E-state index >= 15 is 0 Å². The number of carbonyl (C=O) groups is 1. The number of benzene rings is 2. The molecular formula is C31H32ClF2N3O4S2. The Morgan fingerprint density at radius 3 is 2.40 bits per heavy atom. The minimum atomic E-state index is -3.46. The molecule has 2 aromatic heterocycles. The van der Waals surface area contributed by atoms with E-state index in [0.29, 0.717) is 11.7 Å². The molecule has 0 atom stereocenters. The molecule has 0 bridgehead atoms. The minimum Gasteiger partial charge on any atom is -0.496 e. The highest BCUT2D eigenvalue weighted by atomic mass is 35.5. The van der Waals surface area contributed by atoms with Gasteiger partial charge in [-0.05, 0) is 73.6 Å². The first-order chi connectivity index (χ1) is 20.5. The molecule has 7 nitrogen and oxygen atoms in total. The predicted molar refractivity (Wildman–Crippen MR) is 167 cm³/mol. The third-order valence-electron chi connectivity index (χ3n) is 7.98. The van der Waals surface area contributed by atoms with Crippen LogP contribution in [0.3, 0.4) is 0 Å². The van der Waals surface area contributed by atoms with Crippen LogP contribution >= 0.6 is 22.9 Å². The first-order valence-corrected chi connectivity index (χ1v) is 17.1. The van der Waals surface area contributed by atoms with Crippen molar-refractivity contribution in [2.24, 2.45) is 5.92 Å². The lowest BCUT2D eigenvalue weighted by Crippen LogP contribution is -2.41. The number of rotatable bonds is 9. The van der Waals surface area contributed by atoms with Crippen LogP contribution in [0.2, 0.25) is 5.02 Å². The topological polar surface area (TPSA) is 88.6 Å². The molecule has 5 rings (SSSR count). The standard InChI is InChI=1S/C31H32ClF2N3O4S2/c1-4-18-5-9-22(10-6-18)37(31(38)30-28(32)27-23(33)11-12-24(34)29(27)42-30)17-21-15-19(7-13-25(21)41-2)20-8-14-26(35-16-20)36-43(3,39)40/h7-8,11-16,18,22H,4-6,9-10,17H2,1-3H3,(H,35,36)/t18-,22-. The van der Waals surface area contributed by atoms with Crippen molar-refractivity contribution in [3.8, 4) is 16.9 Å². The molecule has 1 fully saturated rings. The van der Waals surface area contributed by atoms with Gasteiger partial charge in [0, 0.05) is 29.9 Å². The number of anilines is 1. The van der Waals surface area contributed by atoms with Gasteiger partial charge in [0.05, 0.1) is 28.5 Å². The van der Waals surface area contributed by atoms with Crippen LogP contribution in [0.4, 0.5) is 14.6 Å². The highest BCUT2D eigenvalue weighted by Crippen LogP contribution is 2.41. The summed E-state index contributed by atoms with van der Waals surface area (Å²) in [6.07, 6.45) is 7.25. The zero-order valence-electron chi connectivity index (χ0n) is 24.0. The number of aromatic nitrogens is 1. The van der Waals surface area contributed by atoms with Crippen molar-refractivity contribution in [3.05, 3.63) is 75.8 Å². The molecule has 43 heavy (non-hydrogen) atoms. The van der Waals surface area contributed by atoms with Gasteiger partial charge in [0.1, 0.15) is 28.1 Å². The van der Waals surface area contributed by atoms with Crippen molar-refractivity contribution in [2.45, 2.75) is 51.6 Å². The maximum Gasteiger partial charge on any atom is 0.266 e. The van der Waals surface area contributed by atoms with E-state index in [2.05, 4.69) is 16.6 Å². The fourth-order valence-electron chi connectivity index (χ4n) is 5.68. The number of halogens is 3. The SMILES string of the molecule is CC[C@H]1CC[C@H](N(Cc2cc(-c3ccc(NS(C)(=O)=O)nc3)ccc2OC)C(=O)c2sc3c(F)ccc(F)c3c2Cl)CC1. The van der Waals surface area contributed by atoms with Gasteiger partial charge in [-0.15, -0.1) is 11.3 Å². The van der Waals surface area contributed by atoms with Gasteiger partial charge in [0.25, 0.3) is 5.91 Å². The Morgan fingerprint density at radius 2 is 1.79 bits per heavy atom. The summed E-state index contributed by atoms with van der Waals surface area (Å²) in [6.45, 7) is 2.36. The van der Waals surface area contributed by atoms with Gasteiger partial charge in [0.2, 0.25) is 10.0 Å². The molecule has 4 aromatic rings. The molecule has 2 heterocycles. The number of nitrogens with zero attached hydrogens (tertiary/aromatic N) is 2. The van der Waals surface area contributed by atoms with Gasteiger partial charge in [0.15, 0.2) is 0 Å². The summed E-state index contributed by atoms with van der Waals surface area (Å²) in [4.78, 5) is 20.3. The fraction of sp³-hybridized carbons (Fsp3) is 0.355. The summed E-state index contributed by atoms with van der Waals surface area (Å²) >= 11 is 7.43. The number of ether oxygens (including phenoxy) is 1. The Bertz CT molecular complexity index is 1760. The number of nitrogens with one attached hydrogen (secondary N) is 1. The van der Waals surface area contributed by atoms with E-state index in [0.717, 1.165) is 78.5 Å². The molecule has 0 spiro atoms. The van der Waals surface area contributed by atoms with Crippen LogP contribution in [0.1, 0.15) is 54.3 Å². The lowest BCUT2D eigenvalue weighted by Gasteiger charge is -2.37. The normalized spacial score (nSPS) is 17.2. The minimum absolute atomic E-state index is 0.0175. The highest BCUT2D eigenvalue weighted by molar-refractivity contribution is 7.92. The van der Waals surface area contributed by atoms with Crippen LogP contribution in [0.15, 0.2) is 48.7 Å². The van der Waals surface area contributed by atoms with E-state index < -0.39 is 21.7 Å². The van der Waals surface area contributed by atoms with Crippen molar-refractivity contribution < 1.29 is 26.7 Å². The smallest absolute Gasteiger partial charge is 0.266 e. The average molecular weight is 648 g/mol. The molecule has 1 N–H and O–H groups in total. The predicted octanol–water partition coefficient (Wildman–Crippen LogP) is 7.89. The number of fused-ring (bicyclic) bond motifs is 1. The quantitative estimate of drug-likeness (QED) is 0.200. The Balaban J connectivity index is 1.52. The number of thiophene rings is 1. The van der Waals surface area contributed by atoms with Gasteiger partial charge in [-0.2, -0.15) is 0 Å². The average Bonchev–Trinajstić information content (AvgIpc) is 3.35. The number of amides is 1. The molecule has 1 amide bonds. The van der Waals surface area contributed by atoms with Crippen LogP contribution in [0.5, 0.6) is 5.75 Å². The summed E-state index contributed by atoms with van der Waals surface area (Å²) in [6, 6.07) is 10.9. The van der Waals surface area contributed by atoms with Crippen LogP contribution in [-0.4, -0.2) is 43.6 Å². The molecule has 1 aliphatic carbocycles. The summed E-state index contributed by atoms with van der Waals surface area (Å²) in [5.41, 5.74) is 2.27. The lowest BCUT2D eigenvalue weighted by molar-refractivity contribution is 0.0591. The number of carbonyl (C=O) groups excluding carboxylic acids is 1. The Morgan fingerprint density at radius 1 is 1.09 bits per heavy atom. The second-order valence-corrected chi connectivity index (χ2v) is 14.0. The van der Waals surface area contributed by atoms with Gasteiger partial charge >= 0.3 is 0 Å². The van der Waals surface area contributed by atoms with Crippen molar-refractivity contribution >= 4 is 54.8 Å². The zero-order chi connectivity index (χ0) is 30.9. The summed E-state index contributed by atoms with van der Waals surface area (Å²) in [7, 11) is -1.91. The van der Waals surface area contributed by atoms with Gasteiger partial charge < -0.3 is 9.64 Å². The Kier molecular flexibility index (Phi) is 9.24. The van der Waals surface area contributed by atoms with Crippen molar-refractivity contribution in [3.63, 3.8) is 0 Å². The van der Waals surface area contributed by atoms with Crippen molar-refractivity contribution in [1.82, 2.24) is 9.88 Å². The largest absolute Gasteiger partial charge is 0.496 e. The number of pyridine rings is 1. The van der Waals surface area contributed by atoms with E-state index in [1.54, 1.807) is 36.4 Å². The van der Waals surface area contributed by atoms with Gasteiger partial charge in [-0.25, -0.2) is 22.2 Å². The van der Waals surface area contributed by atoms with Crippen LogP contribution in [0.25, 0.3) is 21.2 Å². The van der Waals surface area contributed by atoms with E-state index in [4.69, 9.17) is 16.3 Å². The van der Waals surface area contributed by atoms with Crippen LogP contribution in [-0.2, 0) is 16.6 Å². The first-order valence-electron chi connectivity index (χ1n) is 14.0. The Labute approximate surface area is 258 Å². The van der Waals surface area contributed by atoms with Crippen molar-refractivity contribution in [1.29, 1.82) is 0 Å². The van der Waals surface area contributed by atoms with E-state index in [1.165, 1.54) is 0 Å². The summed E-state index contributed by atoms with van der Waals surface area (Å²) in [5, 5.41) is -0.158. The summed E-state index contributed by atoms with van der Waals surface area (Å²) < 4.78 is 60.5. The molecule has 1 saturated carbocycles. The monoisotopic (exact) mass is 647 g/mol. The summed E-state index contributed by atoms with van der Waals surface area (Å²) in [5.74, 6) is -0.310. The van der Waals surface area contributed by atoms with E-state index in [1.807, 2.05) is 12.1 Å². The Hall–Kier alpha value is -3.28. The molecule has 12 heteroatoms. The lowest BCUT2D eigenvalue weighted by atomic mass is 9.83. The maximum absolute atomic E-state index is 14.7. The second-order valence-electron chi connectivity index (χ2n) is 10.8. The first kappa shape index (κ1) is 31.2. The molecule has 1 aliphatic rings. The molecule has 228 valence electrons. The molecule has 0 unspecified atom stereocenters. The molecule has 0 aliphatic heterocycles. The third kappa shape index (κ3) is 6.78. The third-order valence-corrected chi connectivity index (χ3v) is 10.2. The van der Waals surface area contributed by atoms with E-state index in [9.17, 15) is 22.0 Å². The molecule has 0 saturated heterocycles. The number of methoxy groups -OCH3 is 1. The zero-order valence-corrected chi connectivity index (χ0v) is 26.4. The van der Waals surface area contributed by atoms with Gasteiger partial charge in [-0.1, -0.05) is 31.0 Å². The van der Waals surface area contributed by atoms with Crippen molar-refractivity contribution in [2.75, 3.05) is 18.1 Å². The molecule has 0 radical (unpaired) electrons. The van der Waals surface area contributed by atoms with Crippen LogP contribution in [0, 0.1) is 17.6 Å². The molecule has 2 aromatic carbocycles. The molecular weight excluding hydrogens is 616 g/mol. The number of sulfonamides is 1. The van der Waals surface area contributed by atoms with E-state index in [-0.39, 0.29) is 44.3 Å². The highest BCUT2D eigenvalue weighted by Gasteiger charge is 2.33. The fourth-order valence-corrected chi connectivity index (χ4v) is 7.68.